The molecule has 1 aromatic rings. The van der Waals surface area contributed by atoms with Gasteiger partial charge in [-0.1, -0.05) is 18.2 Å². The molecule has 88 valence electrons. The molecule has 0 saturated heterocycles. The van der Waals surface area contributed by atoms with Crippen molar-refractivity contribution < 1.29 is 9.53 Å². The summed E-state index contributed by atoms with van der Waals surface area (Å²) in [6, 6.07) is 7.38. The number of rotatable bonds is 3. The molecule has 0 radical (unpaired) electrons. The van der Waals surface area contributed by atoms with E-state index in [1.165, 1.54) is 0 Å². The lowest BCUT2D eigenvalue weighted by atomic mass is 10.0. The first-order valence-electron chi connectivity index (χ1n) is 5.64. The number of anilines is 1. The Bertz CT molecular complexity index is 458. The van der Waals surface area contributed by atoms with Crippen LogP contribution in [0.1, 0.15) is 18.4 Å². The lowest BCUT2D eigenvalue weighted by molar-refractivity contribution is -0.111. The van der Waals surface area contributed by atoms with Crippen LogP contribution in [0.3, 0.4) is 0 Å². The van der Waals surface area contributed by atoms with Gasteiger partial charge in [-0.05, 0) is 36.6 Å². The summed E-state index contributed by atoms with van der Waals surface area (Å²) in [5, 5.41) is 0. The molecule has 1 aromatic carbocycles. The second kappa shape index (κ2) is 5.34. The van der Waals surface area contributed by atoms with E-state index >= 15 is 0 Å². The van der Waals surface area contributed by atoms with Crippen molar-refractivity contribution in [2.75, 3.05) is 12.3 Å². The molecule has 3 nitrogen and oxygen atoms in total. The van der Waals surface area contributed by atoms with Gasteiger partial charge in [0, 0.05) is 11.3 Å². The Hall–Kier alpha value is -2.03. The van der Waals surface area contributed by atoms with Crippen molar-refractivity contribution in [1.29, 1.82) is 0 Å². The highest BCUT2D eigenvalue weighted by Crippen LogP contribution is 2.14. The third-order valence-corrected chi connectivity index (χ3v) is 2.61. The second-order valence-corrected chi connectivity index (χ2v) is 3.98. The molecule has 0 aromatic heterocycles. The molecule has 1 aliphatic heterocycles. The quantitative estimate of drug-likeness (QED) is 0.640. The van der Waals surface area contributed by atoms with E-state index in [9.17, 15) is 4.79 Å². The minimum absolute atomic E-state index is 0.0153. The molecule has 0 spiro atoms. The maximum atomic E-state index is 11.8. The van der Waals surface area contributed by atoms with Crippen molar-refractivity contribution in [3.05, 3.63) is 47.7 Å². The van der Waals surface area contributed by atoms with Gasteiger partial charge in [0.1, 0.15) is 0 Å². The third-order valence-electron chi connectivity index (χ3n) is 2.61. The zero-order valence-corrected chi connectivity index (χ0v) is 9.56. The molecule has 0 aliphatic carbocycles. The predicted molar refractivity (Wildman–Crippen MR) is 68.2 cm³/mol. The topological polar surface area (TPSA) is 52.3 Å². The molecule has 0 saturated carbocycles. The summed E-state index contributed by atoms with van der Waals surface area (Å²) in [5.41, 5.74) is 8.00. The number of ketones is 1. The van der Waals surface area contributed by atoms with E-state index in [-0.39, 0.29) is 5.78 Å². The van der Waals surface area contributed by atoms with Crippen LogP contribution in [0.25, 0.3) is 6.08 Å². The van der Waals surface area contributed by atoms with Crippen molar-refractivity contribution in [1.82, 2.24) is 0 Å². The zero-order valence-electron chi connectivity index (χ0n) is 9.56. The number of hydrogen-bond donors (Lipinski definition) is 1. The standard InChI is InChI=1S/C14H15NO2/c15-13-6-3-11(4-7-13)5-8-14(16)12-2-1-9-17-10-12/h3-8,10H,1-2,9,15H2/b8-5+. The zero-order chi connectivity index (χ0) is 12.1. The highest BCUT2D eigenvalue weighted by atomic mass is 16.5. The molecular formula is C14H15NO2. The van der Waals surface area contributed by atoms with E-state index in [2.05, 4.69) is 0 Å². The first-order chi connectivity index (χ1) is 8.25. The molecule has 0 bridgehead atoms. The highest BCUT2D eigenvalue weighted by Gasteiger charge is 2.10. The van der Waals surface area contributed by atoms with Gasteiger partial charge in [0.25, 0.3) is 0 Å². The number of allylic oxidation sites excluding steroid dienone is 2. The number of hydrogen-bond acceptors (Lipinski definition) is 3. The van der Waals surface area contributed by atoms with E-state index in [1.807, 2.05) is 24.3 Å². The number of carbonyl (C=O) groups is 1. The second-order valence-electron chi connectivity index (χ2n) is 3.98. The van der Waals surface area contributed by atoms with Gasteiger partial charge in [-0.3, -0.25) is 4.79 Å². The Morgan fingerprint density at radius 1 is 1.29 bits per heavy atom. The Morgan fingerprint density at radius 3 is 2.71 bits per heavy atom. The molecule has 2 rings (SSSR count). The molecule has 1 aliphatic rings. The van der Waals surface area contributed by atoms with Gasteiger partial charge in [-0.15, -0.1) is 0 Å². The van der Waals surface area contributed by atoms with Gasteiger partial charge in [0.2, 0.25) is 0 Å². The van der Waals surface area contributed by atoms with Crippen LogP contribution in [0.2, 0.25) is 0 Å². The summed E-state index contributed by atoms with van der Waals surface area (Å²) in [4.78, 5) is 11.8. The maximum Gasteiger partial charge on any atom is 0.184 e. The number of nitrogen functional groups attached to an aromatic ring is 1. The van der Waals surface area contributed by atoms with E-state index < -0.39 is 0 Å². The first kappa shape index (κ1) is 11.5. The monoisotopic (exact) mass is 229 g/mol. The lowest BCUT2D eigenvalue weighted by Crippen LogP contribution is -2.06. The lowest BCUT2D eigenvalue weighted by Gasteiger charge is -2.10. The number of carbonyl (C=O) groups excluding carboxylic acids is 1. The number of benzene rings is 1. The highest BCUT2D eigenvalue weighted by molar-refractivity contribution is 6.06. The summed E-state index contributed by atoms with van der Waals surface area (Å²) < 4.78 is 5.14. The van der Waals surface area contributed by atoms with Crippen LogP contribution < -0.4 is 5.73 Å². The number of ether oxygens (including phenoxy) is 1. The SMILES string of the molecule is Nc1ccc(/C=C/C(=O)C2=COCCC2)cc1. The van der Waals surface area contributed by atoms with Crippen LogP contribution in [-0.4, -0.2) is 12.4 Å². The van der Waals surface area contributed by atoms with Crippen molar-refractivity contribution in [2.24, 2.45) is 0 Å². The molecule has 0 fully saturated rings. The Labute approximate surface area is 101 Å². The Kier molecular flexibility index (Phi) is 3.60. The molecule has 3 heteroatoms. The molecule has 0 amide bonds. The number of nitrogens with two attached hydrogens (primary N) is 1. The van der Waals surface area contributed by atoms with Crippen LogP contribution in [0.15, 0.2) is 42.2 Å². The Morgan fingerprint density at radius 2 is 2.06 bits per heavy atom. The van der Waals surface area contributed by atoms with E-state index in [0.29, 0.717) is 6.61 Å². The summed E-state index contributed by atoms with van der Waals surface area (Å²) >= 11 is 0. The fraction of sp³-hybridized carbons (Fsp3) is 0.214. The fourth-order valence-corrected chi connectivity index (χ4v) is 1.63. The minimum atomic E-state index is 0.0153. The van der Waals surface area contributed by atoms with Crippen LogP contribution in [0.4, 0.5) is 5.69 Å². The van der Waals surface area contributed by atoms with Gasteiger partial charge < -0.3 is 10.5 Å². The molecule has 0 unspecified atom stereocenters. The third kappa shape index (κ3) is 3.21. The summed E-state index contributed by atoms with van der Waals surface area (Å²) in [7, 11) is 0. The van der Waals surface area contributed by atoms with Gasteiger partial charge in [0.05, 0.1) is 12.9 Å². The maximum absolute atomic E-state index is 11.8. The van der Waals surface area contributed by atoms with E-state index in [1.54, 1.807) is 18.4 Å². The average molecular weight is 229 g/mol. The van der Waals surface area contributed by atoms with Crippen molar-refractivity contribution in [2.45, 2.75) is 12.8 Å². The molecule has 0 atom stereocenters. The summed E-state index contributed by atoms with van der Waals surface area (Å²) in [6.07, 6.45) is 6.64. The van der Waals surface area contributed by atoms with E-state index in [0.717, 1.165) is 29.7 Å². The van der Waals surface area contributed by atoms with Crippen LogP contribution in [-0.2, 0) is 9.53 Å². The van der Waals surface area contributed by atoms with Crippen LogP contribution in [0.5, 0.6) is 0 Å². The Balaban J connectivity index is 2.02. The van der Waals surface area contributed by atoms with Crippen molar-refractivity contribution in [3.8, 4) is 0 Å². The van der Waals surface area contributed by atoms with Gasteiger partial charge in [0.15, 0.2) is 5.78 Å². The van der Waals surface area contributed by atoms with Crippen LogP contribution >= 0.6 is 0 Å². The minimum Gasteiger partial charge on any atom is -0.501 e. The van der Waals surface area contributed by atoms with E-state index in [4.69, 9.17) is 10.5 Å². The summed E-state index contributed by atoms with van der Waals surface area (Å²) in [5.74, 6) is 0.0153. The van der Waals surface area contributed by atoms with Gasteiger partial charge in [-0.25, -0.2) is 0 Å². The van der Waals surface area contributed by atoms with Gasteiger partial charge >= 0.3 is 0 Å². The fourth-order valence-electron chi connectivity index (χ4n) is 1.63. The first-order valence-corrected chi connectivity index (χ1v) is 5.64. The smallest absolute Gasteiger partial charge is 0.184 e. The predicted octanol–water partition coefficient (Wildman–Crippen LogP) is 2.55. The average Bonchev–Trinajstić information content (AvgIpc) is 2.39. The molecular weight excluding hydrogens is 214 g/mol. The molecule has 2 N–H and O–H groups in total. The largest absolute Gasteiger partial charge is 0.501 e. The molecule has 1 heterocycles. The van der Waals surface area contributed by atoms with Crippen molar-refractivity contribution in [3.63, 3.8) is 0 Å². The van der Waals surface area contributed by atoms with Crippen LogP contribution in [0, 0.1) is 0 Å². The van der Waals surface area contributed by atoms with Gasteiger partial charge in [-0.2, -0.15) is 0 Å². The molecule has 17 heavy (non-hydrogen) atoms. The van der Waals surface area contributed by atoms with Crippen molar-refractivity contribution >= 4 is 17.5 Å². The summed E-state index contributed by atoms with van der Waals surface area (Å²) in [6.45, 7) is 0.707. The normalized spacial score (nSPS) is 15.4.